The molecule has 1 aromatic heterocycles. The molecule has 0 spiro atoms. The molecule has 0 atom stereocenters. The second-order valence-corrected chi connectivity index (χ2v) is 9.12. The molecule has 170 valence electrons. The van der Waals surface area contributed by atoms with Gasteiger partial charge in [0.15, 0.2) is 5.16 Å². The van der Waals surface area contributed by atoms with Crippen molar-refractivity contribution in [2.75, 3.05) is 22.5 Å². The number of hydrogen-bond donors (Lipinski definition) is 1. The Morgan fingerprint density at radius 2 is 1.76 bits per heavy atom. The molecule has 1 aliphatic rings. The molecule has 5 rings (SSSR count). The predicted molar refractivity (Wildman–Crippen MR) is 135 cm³/mol. The average Bonchev–Trinajstić information content (AvgIpc) is 2.84. The van der Waals surface area contributed by atoms with Crippen molar-refractivity contribution in [1.82, 2.24) is 9.55 Å². The Kier molecular flexibility index (Phi) is 5.67. The zero-order valence-electron chi connectivity index (χ0n) is 18.7. The molecule has 2 heterocycles. The van der Waals surface area contributed by atoms with Crippen LogP contribution in [-0.2, 0) is 9.59 Å². The number of carbonyl (C=O) groups excluding carboxylic acids is 2. The molecular formula is C26H22N4O3S. The Morgan fingerprint density at radius 3 is 2.62 bits per heavy atom. The van der Waals surface area contributed by atoms with Gasteiger partial charge in [-0.1, -0.05) is 48.2 Å². The van der Waals surface area contributed by atoms with Gasteiger partial charge in [0.05, 0.1) is 33.7 Å². The third-order valence-electron chi connectivity index (χ3n) is 5.75. The first-order valence-corrected chi connectivity index (χ1v) is 11.8. The maximum absolute atomic E-state index is 13.5. The number of nitrogens with one attached hydrogen (secondary N) is 1. The van der Waals surface area contributed by atoms with Crippen molar-refractivity contribution >= 4 is 45.9 Å². The van der Waals surface area contributed by atoms with Crippen molar-refractivity contribution in [3.05, 3.63) is 88.2 Å². The number of nitrogens with zero attached hydrogens (tertiary/aromatic N) is 3. The molecule has 0 unspecified atom stereocenters. The highest BCUT2D eigenvalue weighted by atomic mass is 32.2. The number of rotatable bonds is 4. The molecule has 2 amide bonds. The Morgan fingerprint density at radius 1 is 1.00 bits per heavy atom. The summed E-state index contributed by atoms with van der Waals surface area (Å²) in [5.74, 6) is -0.451. The first-order chi connectivity index (χ1) is 16.4. The van der Waals surface area contributed by atoms with E-state index in [1.54, 1.807) is 28.8 Å². The van der Waals surface area contributed by atoms with E-state index in [4.69, 9.17) is 4.98 Å². The van der Waals surface area contributed by atoms with Crippen LogP contribution in [0, 0.1) is 13.8 Å². The first-order valence-electron chi connectivity index (χ1n) is 10.8. The third kappa shape index (κ3) is 3.97. The summed E-state index contributed by atoms with van der Waals surface area (Å²) in [6, 6.07) is 20.3. The van der Waals surface area contributed by atoms with E-state index in [0.717, 1.165) is 16.8 Å². The number of aryl methyl sites for hydroxylation is 2. The lowest BCUT2D eigenvalue weighted by Crippen LogP contribution is -2.43. The van der Waals surface area contributed by atoms with Crippen LogP contribution in [0.3, 0.4) is 0 Å². The Labute approximate surface area is 200 Å². The van der Waals surface area contributed by atoms with Gasteiger partial charge in [-0.15, -0.1) is 0 Å². The largest absolute Gasteiger partial charge is 0.323 e. The van der Waals surface area contributed by atoms with Gasteiger partial charge in [-0.25, -0.2) is 4.98 Å². The summed E-state index contributed by atoms with van der Waals surface area (Å²) < 4.78 is 1.58. The summed E-state index contributed by atoms with van der Waals surface area (Å²) in [5, 5.41) is 3.74. The summed E-state index contributed by atoms with van der Waals surface area (Å²) in [7, 11) is 0. The lowest BCUT2D eigenvalue weighted by molar-refractivity contribution is -0.120. The maximum Gasteiger partial charge on any atom is 0.266 e. The van der Waals surface area contributed by atoms with Crippen molar-refractivity contribution in [3.8, 4) is 5.69 Å². The van der Waals surface area contributed by atoms with Crippen molar-refractivity contribution in [2.45, 2.75) is 19.0 Å². The summed E-state index contributed by atoms with van der Waals surface area (Å²) >= 11 is 1.19. The number of thioether (sulfide) groups is 1. The highest BCUT2D eigenvalue weighted by Crippen LogP contribution is 2.30. The number of fused-ring (bicyclic) bond motifs is 2. The van der Waals surface area contributed by atoms with Gasteiger partial charge in [0.2, 0.25) is 11.8 Å². The summed E-state index contributed by atoms with van der Waals surface area (Å²) in [4.78, 5) is 45.1. The number of carbonyl (C=O) groups is 2. The van der Waals surface area contributed by atoms with Crippen LogP contribution in [-0.4, -0.2) is 33.7 Å². The number of para-hydroxylation sites is 3. The van der Waals surface area contributed by atoms with Crippen LogP contribution in [0.4, 0.5) is 11.4 Å². The van der Waals surface area contributed by atoms with Crippen LogP contribution >= 0.6 is 11.8 Å². The highest BCUT2D eigenvalue weighted by Gasteiger charge is 2.27. The van der Waals surface area contributed by atoms with Crippen LogP contribution in [0.1, 0.15) is 11.1 Å². The van der Waals surface area contributed by atoms with Crippen LogP contribution in [0.2, 0.25) is 0 Å². The van der Waals surface area contributed by atoms with Crippen LogP contribution in [0.25, 0.3) is 16.6 Å². The molecule has 8 heteroatoms. The fourth-order valence-electron chi connectivity index (χ4n) is 4.04. The van der Waals surface area contributed by atoms with Crippen molar-refractivity contribution in [1.29, 1.82) is 0 Å². The number of benzene rings is 3. The lowest BCUT2D eigenvalue weighted by atomic mass is 10.1. The van der Waals surface area contributed by atoms with E-state index in [0.29, 0.717) is 27.4 Å². The minimum absolute atomic E-state index is 0.0251. The fraction of sp³-hybridized carbons (Fsp3) is 0.154. The summed E-state index contributed by atoms with van der Waals surface area (Å²) in [5.41, 5.74) is 4.34. The van der Waals surface area contributed by atoms with E-state index in [9.17, 15) is 14.4 Å². The van der Waals surface area contributed by atoms with Crippen molar-refractivity contribution in [2.24, 2.45) is 0 Å². The highest BCUT2D eigenvalue weighted by molar-refractivity contribution is 7.99. The topological polar surface area (TPSA) is 84.3 Å². The number of aromatic nitrogens is 2. The standard InChI is InChI=1S/C26H22N4O3S/c1-16-11-12-17(2)22(13-16)30-25(33)18-7-3-4-8-19(18)28-26(30)34-15-24(32)29-14-23(31)27-20-9-5-6-10-21(20)29/h3-13H,14-15H2,1-2H3,(H,27,31). The van der Waals surface area contributed by atoms with Crippen molar-refractivity contribution in [3.63, 3.8) is 0 Å². The summed E-state index contributed by atoms with van der Waals surface area (Å²) in [6.07, 6.45) is 0. The van der Waals surface area contributed by atoms with E-state index in [1.165, 1.54) is 16.7 Å². The van der Waals surface area contributed by atoms with E-state index in [1.807, 2.05) is 56.3 Å². The van der Waals surface area contributed by atoms with Gasteiger partial charge in [-0.3, -0.25) is 19.0 Å². The molecule has 1 N–H and O–H groups in total. The van der Waals surface area contributed by atoms with E-state index >= 15 is 0 Å². The Balaban J connectivity index is 1.54. The van der Waals surface area contributed by atoms with Crippen LogP contribution in [0.5, 0.6) is 0 Å². The second-order valence-electron chi connectivity index (χ2n) is 8.18. The number of anilines is 2. The van der Waals surface area contributed by atoms with Gasteiger partial charge in [-0.2, -0.15) is 0 Å². The zero-order valence-corrected chi connectivity index (χ0v) is 19.6. The van der Waals surface area contributed by atoms with Gasteiger partial charge in [0.1, 0.15) is 6.54 Å². The molecular weight excluding hydrogens is 448 g/mol. The molecule has 0 saturated heterocycles. The Bertz CT molecular complexity index is 1510. The van der Waals surface area contributed by atoms with E-state index in [2.05, 4.69) is 5.32 Å². The minimum Gasteiger partial charge on any atom is -0.323 e. The fourth-order valence-corrected chi connectivity index (χ4v) is 4.92. The van der Waals surface area contributed by atoms with E-state index in [-0.39, 0.29) is 29.7 Å². The Hall–Kier alpha value is -3.91. The SMILES string of the molecule is Cc1ccc(C)c(-n2c(SCC(=O)N3CC(=O)Nc4ccccc43)nc3ccccc3c2=O)c1. The first kappa shape index (κ1) is 21.9. The normalized spacial score (nSPS) is 13.0. The molecule has 1 aliphatic heterocycles. The molecule has 0 fully saturated rings. The van der Waals surface area contributed by atoms with Crippen LogP contribution in [0.15, 0.2) is 76.7 Å². The van der Waals surface area contributed by atoms with Crippen LogP contribution < -0.4 is 15.8 Å². The molecule has 3 aromatic carbocycles. The quantitative estimate of drug-likeness (QED) is 0.359. The average molecular weight is 471 g/mol. The van der Waals surface area contributed by atoms with Gasteiger partial charge in [0.25, 0.3) is 5.56 Å². The number of hydrogen-bond acceptors (Lipinski definition) is 5. The predicted octanol–water partition coefficient (Wildman–Crippen LogP) is 4.08. The molecule has 7 nitrogen and oxygen atoms in total. The monoisotopic (exact) mass is 470 g/mol. The third-order valence-corrected chi connectivity index (χ3v) is 6.67. The molecule has 0 aliphatic carbocycles. The summed E-state index contributed by atoms with van der Waals surface area (Å²) in [6.45, 7) is 3.86. The molecule has 0 radical (unpaired) electrons. The van der Waals surface area contributed by atoms with E-state index < -0.39 is 0 Å². The molecule has 0 saturated carbocycles. The van der Waals surface area contributed by atoms with Gasteiger partial charge in [0, 0.05) is 0 Å². The zero-order chi connectivity index (χ0) is 23.8. The van der Waals surface area contributed by atoms with Gasteiger partial charge < -0.3 is 10.2 Å². The lowest BCUT2D eigenvalue weighted by Gasteiger charge is -2.29. The maximum atomic E-state index is 13.5. The minimum atomic E-state index is -0.242. The molecule has 4 aromatic rings. The van der Waals surface area contributed by atoms with Gasteiger partial charge >= 0.3 is 0 Å². The van der Waals surface area contributed by atoms with Crippen molar-refractivity contribution < 1.29 is 9.59 Å². The molecule has 0 bridgehead atoms. The second kappa shape index (κ2) is 8.79. The van der Waals surface area contributed by atoms with Gasteiger partial charge in [-0.05, 0) is 55.3 Å². The number of amides is 2. The molecule has 34 heavy (non-hydrogen) atoms. The smallest absolute Gasteiger partial charge is 0.266 e.